The average molecular weight is 368 g/mol. The van der Waals surface area contributed by atoms with E-state index in [1.165, 1.54) is 11.1 Å². The monoisotopic (exact) mass is 368 g/mol. The van der Waals surface area contributed by atoms with E-state index in [1.54, 1.807) is 37.6 Å². The van der Waals surface area contributed by atoms with Crippen LogP contribution in [0.25, 0.3) is 0 Å². The number of fused-ring (bicyclic) bond motifs is 1. The maximum absolute atomic E-state index is 12.3. The lowest BCUT2D eigenvalue weighted by molar-refractivity contribution is 0.413. The number of methoxy groups -OCH3 is 1. The molecule has 0 aliphatic carbocycles. The summed E-state index contributed by atoms with van der Waals surface area (Å²) in [7, 11) is -2.20. The quantitative estimate of drug-likeness (QED) is 0.596. The van der Waals surface area contributed by atoms with Crippen molar-refractivity contribution in [3.63, 3.8) is 0 Å². The van der Waals surface area contributed by atoms with Gasteiger partial charge in [0.25, 0.3) is 10.0 Å². The molecule has 0 saturated heterocycles. The minimum Gasteiger partial charge on any atom is -0.496 e. The lowest BCUT2D eigenvalue weighted by Crippen LogP contribution is -2.27. The van der Waals surface area contributed by atoms with Gasteiger partial charge in [0.2, 0.25) is 0 Å². The second-order valence-corrected chi connectivity index (χ2v) is 6.98. The van der Waals surface area contributed by atoms with Crippen LogP contribution in [0.1, 0.15) is 17.5 Å². The highest BCUT2D eigenvalue weighted by Gasteiger charge is 2.31. The number of nitrogens with zero attached hydrogens (tertiary/aromatic N) is 4. The summed E-state index contributed by atoms with van der Waals surface area (Å²) in [5.41, 5.74) is 1.20. The molecule has 1 aliphatic heterocycles. The van der Waals surface area contributed by atoms with E-state index in [-0.39, 0.29) is 23.7 Å². The van der Waals surface area contributed by atoms with Crippen LogP contribution in [-0.2, 0) is 10.0 Å². The molecule has 0 atom stereocenters. The summed E-state index contributed by atoms with van der Waals surface area (Å²) in [6.07, 6.45) is 1.73. The molecule has 0 N–H and O–H groups in total. The zero-order chi connectivity index (χ0) is 18.6. The molecule has 0 unspecified atom stereocenters. The van der Waals surface area contributed by atoms with Crippen LogP contribution < -0.4 is 4.74 Å². The Morgan fingerprint density at radius 1 is 1.23 bits per heavy atom. The number of sulfonamides is 1. The second-order valence-electron chi connectivity index (χ2n) is 5.40. The van der Waals surface area contributed by atoms with E-state index in [4.69, 9.17) is 10.00 Å². The third kappa shape index (κ3) is 3.43. The van der Waals surface area contributed by atoms with E-state index in [2.05, 4.69) is 9.50 Å². The number of para-hydroxylation sites is 1. The van der Waals surface area contributed by atoms with Gasteiger partial charge in [0.1, 0.15) is 10.6 Å². The fraction of sp³-hybridized carbons (Fsp3) is 0.167. The molecular formula is C18H16N4O3S. The molecule has 0 amide bonds. The van der Waals surface area contributed by atoms with E-state index in [1.807, 2.05) is 24.3 Å². The van der Waals surface area contributed by atoms with Gasteiger partial charge in [0.05, 0.1) is 32.4 Å². The van der Waals surface area contributed by atoms with Gasteiger partial charge in [-0.25, -0.2) is 5.01 Å². The Bertz CT molecular complexity index is 1020. The molecule has 8 heteroatoms. The van der Waals surface area contributed by atoms with Gasteiger partial charge >= 0.3 is 0 Å². The smallest absolute Gasteiger partial charge is 0.285 e. The Balaban J connectivity index is 2.00. The molecule has 0 fully saturated rings. The summed E-state index contributed by atoms with van der Waals surface area (Å²) in [4.78, 5) is 0.143. The van der Waals surface area contributed by atoms with Crippen molar-refractivity contribution in [1.29, 1.82) is 5.26 Å². The molecule has 1 heterocycles. The Labute approximate surface area is 151 Å². The summed E-state index contributed by atoms with van der Waals surface area (Å²) in [5, 5.41) is 14.7. The highest BCUT2D eigenvalue weighted by Crippen LogP contribution is 2.27. The van der Waals surface area contributed by atoms with Gasteiger partial charge in [-0.1, -0.05) is 24.3 Å². The zero-order valence-corrected chi connectivity index (χ0v) is 14.8. The maximum Gasteiger partial charge on any atom is 0.285 e. The van der Waals surface area contributed by atoms with Gasteiger partial charge in [0, 0.05) is 11.1 Å². The molecule has 3 rings (SSSR count). The van der Waals surface area contributed by atoms with Crippen LogP contribution in [0.3, 0.4) is 0 Å². The van der Waals surface area contributed by atoms with E-state index < -0.39 is 10.0 Å². The number of hydrogen-bond donors (Lipinski definition) is 0. The van der Waals surface area contributed by atoms with Gasteiger partial charge < -0.3 is 4.74 Å². The van der Waals surface area contributed by atoms with Crippen LogP contribution in [0.15, 0.2) is 62.9 Å². The average Bonchev–Trinajstić information content (AvgIpc) is 2.93. The molecule has 0 spiro atoms. The predicted octanol–water partition coefficient (Wildman–Crippen LogP) is 2.39. The van der Waals surface area contributed by atoms with Gasteiger partial charge in [-0.3, -0.25) is 0 Å². The van der Waals surface area contributed by atoms with Crippen LogP contribution in [0.4, 0.5) is 0 Å². The Morgan fingerprint density at radius 3 is 2.73 bits per heavy atom. The van der Waals surface area contributed by atoms with E-state index in [0.717, 1.165) is 5.56 Å². The Kier molecular flexibility index (Phi) is 5.00. The number of rotatable bonds is 5. The second kappa shape index (κ2) is 7.37. The first kappa shape index (κ1) is 17.6. The Morgan fingerprint density at radius 2 is 1.96 bits per heavy atom. The van der Waals surface area contributed by atoms with E-state index in [9.17, 15) is 8.42 Å². The number of ether oxygens (including phenoxy) is 1. The van der Waals surface area contributed by atoms with Crippen molar-refractivity contribution >= 4 is 22.1 Å². The van der Waals surface area contributed by atoms with Crippen LogP contribution in [0.5, 0.6) is 5.75 Å². The molecule has 0 bridgehead atoms. The molecule has 0 aromatic heterocycles. The first-order valence-corrected chi connectivity index (χ1v) is 9.26. The van der Waals surface area contributed by atoms with Crippen LogP contribution in [0, 0.1) is 11.3 Å². The summed E-state index contributed by atoms with van der Waals surface area (Å²) in [5.74, 6) is 0.847. The highest BCUT2D eigenvalue weighted by molar-refractivity contribution is 7.90. The SMILES string of the molecule is COc1ccccc1C=NN(CCC#N)C1=NS(=O)(=O)c2ccccc21. The van der Waals surface area contributed by atoms with Crippen molar-refractivity contribution in [3.8, 4) is 11.8 Å². The lowest BCUT2D eigenvalue weighted by atomic mass is 10.2. The molecule has 26 heavy (non-hydrogen) atoms. The van der Waals surface area contributed by atoms with Gasteiger partial charge in [-0.15, -0.1) is 4.40 Å². The maximum atomic E-state index is 12.3. The standard InChI is InChI=1S/C18H16N4O3S/c1-25-16-9-4-2-7-14(16)13-20-22(12-6-11-19)18-15-8-3-5-10-17(15)26(23,24)21-18/h2-5,7-10,13H,6,12H2,1H3. The molecule has 132 valence electrons. The van der Waals surface area contributed by atoms with Crippen LogP contribution in [0.2, 0.25) is 0 Å². The number of benzene rings is 2. The van der Waals surface area contributed by atoms with Gasteiger partial charge in [-0.05, 0) is 24.3 Å². The van der Waals surface area contributed by atoms with E-state index >= 15 is 0 Å². The van der Waals surface area contributed by atoms with Crippen LogP contribution in [-0.4, -0.2) is 39.1 Å². The fourth-order valence-electron chi connectivity index (χ4n) is 2.55. The predicted molar refractivity (Wildman–Crippen MR) is 97.7 cm³/mol. The summed E-state index contributed by atoms with van der Waals surface area (Å²) >= 11 is 0. The summed E-state index contributed by atoms with van der Waals surface area (Å²) < 4.78 is 33.7. The largest absolute Gasteiger partial charge is 0.496 e. The molecule has 1 aliphatic rings. The number of amidine groups is 1. The zero-order valence-electron chi connectivity index (χ0n) is 14.0. The third-order valence-electron chi connectivity index (χ3n) is 3.77. The number of hydrazone groups is 1. The first-order valence-electron chi connectivity index (χ1n) is 7.82. The third-order valence-corrected chi connectivity index (χ3v) is 5.09. The number of nitriles is 1. The minimum absolute atomic E-state index is 0.143. The fourth-order valence-corrected chi connectivity index (χ4v) is 3.76. The molecule has 0 radical (unpaired) electrons. The molecular weight excluding hydrogens is 352 g/mol. The lowest BCUT2D eigenvalue weighted by Gasteiger charge is -2.17. The van der Waals surface area contributed by atoms with Crippen molar-refractivity contribution in [2.24, 2.45) is 9.50 Å². The van der Waals surface area contributed by atoms with Crippen molar-refractivity contribution in [2.45, 2.75) is 11.3 Å². The van der Waals surface area contributed by atoms with Crippen molar-refractivity contribution in [2.75, 3.05) is 13.7 Å². The van der Waals surface area contributed by atoms with Crippen molar-refractivity contribution in [3.05, 3.63) is 59.7 Å². The van der Waals surface area contributed by atoms with Crippen molar-refractivity contribution < 1.29 is 13.2 Å². The molecule has 2 aromatic rings. The normalized spacial score (nSPS) is 14.5. The molecule has 0 saturated carbocycles. The van der Waals surface area contributed by atoms with E-state index in [0.29, 0.717) is 11.3 Å². The van der Waals surface area contributed by atoms with Crippen molar-refractivity contribution in [1.82, 2.24) is 5.01 Å². The highest BCUT2D eigenvalue weighted by atomic mass is 32.2. The van der Waals surface area contributed by atoms with Crippen LogP contribution >= 0.6 is 0 Å². The molecule has 7 nitrogen and oxygen atoms in total. The topological polar surface area (TPSA) is 95.1 Å². The summed E-state index contributed by atoms with van der Waals surface area (Å²) in [6.45, 7) is 0.213. The number of hydrogen-bond acceptors (Lipinski definition) is 6. The summed E-state index contributed by atoms with van der Waals surface area (Å²) in [6, 6.07) is 15.9. The first-order chi connectivity index (χ1) is 12.6. The Hall–Kier alpha value is -3.18. The molecule has 2 aromatic carbocycles. The van der Waals surface area contributed by atoms with Gasteiger partial charge in [0.15, 0.2) is 5.84 Å². The minimum atomic E-state index is -3.76. The van der Waals surface area contributed by atoms with Gasteiger partial charge in [-0.2, -0.15) is 18.8 Å².